The highest BCUT2D eigenvalue weighted by Crippen LogP contribution is 2.20. The molecule has 1 N–H and O–H groups in total. The molecule has 0 saturated carbocycles. The molecule has 0 saturated heterocycles. The van der Waals surface area contributed by atoms with E-state index < -0.39 is 6.10 Å². The van der Waals surface area contributed by atoms with Crippen LogP contribution < -0.4 is 4.74 Å². The Hall–Kier alpha value is -3.22. The summed E-state index contributed by atoms with van der Waals surface area (Å²) < 4.78 is 19.6. The second kappa shape index (κ2) is 11.1. The van der Waals surface area contributed by atoms with Gasteiger partial charge in [-0.05, 0) is 41.8 Å². The van der Waals surface area contributed by atoms with E-state index in [4.69, 9.17) is 9.57 Å². The molecule has 3 aromatic rings. The zero-order valence-corrected chi connectivity index (χ0v) is 18.7. The summed E-state index contributed by atoms with van der Waals surface area (Å²) in [5.41, 5.74) is 3.81. The fourth-order valence-corrected chi connectivity index (χ4v) is 3.97. The third kappa shape index (κ3) is 6.63. The molecule has 1 heterocycles. The molecule has 1 aliphatic rings. The lowest BCUT2D eigenvalue weighted by Gasteiger charge is -2.27. The van der Waals surface area contributed by atoms with Crippen molar-refractivity contribution in [1.82, 2.24) is 4.90 Å². The van der Waals surface area contributed by atoms with Gasteiger partial charge in [0.1, 0.15) is 30.4 Å². The number of rotatable bonds is 10. The molecule has 0 radical (unpaired) electrons. The van der Waals surface area contributed by atoms with E-state index in [9.17, 15) is 9.50 Å². The second-order valence-corrected chi connectivity index (χ2v) is 8.39. The van der Waals surface area contributed by atoms with Crippen LogP contribution in [-0.2, 0) is 11.4 Å². The van der Waals surface area contributed by atoms with E-state index in [0.717, 1.165) is 28.2 Å². The minimum absolute atomic E-state index is 0.141. The fourth-order valence-electron chi connectivity index (χ4n) is 3.97. The van der Waals surface area contributed by atoms with Gasteiger partial charge in [0.2, 0.25) is 0 Å². The molecule has 0 unspecified atom stereocenters. The van der Waals surface area contributed by atoms with Gasteiger partial charge in [-0.2, -0.15) is 0 Å². The molecular weight excluding hydrogens is 419 g/mol. The normalized spacial score (nSPS) is 16.4. The van der Waals surface area contributed by atoms with Crippen molar-refractivity contribution in [3.05, 3.63) is 101 Å². The first kappa shape index (κ1) is 23.0. The number of aliphatic hydroxyl groups is 1. The van der Waals surface area contributed by atoms with Crippen molar-refractivity contribution in [3.63, 3.8) is 0 Å². The largest absolute Gasteiger partial charge is 0.491 e. The molecular formula is C27H29FN2O3. The van der Waals surface area contributed by atoms with Gasteiger partial charge in [0, 0.05) is 26.1 Å². The van der Waals surface area contributed by atoms with Gasteiger partial charge in [-0.3, -0.25) is 4.90 Å². The summed E-state index contributed by atoms with van der Waals surface area (Å²) in [4.78, 5) is 7.76. The van der Waals surface area contributed by atoms with Crippen LogP contribution in [0.5, 0.6) is 5.75 Å². The van der Waals surface area contributed by atoms with Crippen molar-refractivity contribution in [2.24, 2.45) is 5.16 Å². The molecule has 172 valence electrons. The first-order valence-electron chi connectivity index (χ1n) is 11.2. The monoisotopic (exact) mass is 448 g/mol. The number of ether oxygens (including phenoxy) is 1. The lowest BCUT2D eigenvalue weighted by atomic mass is 10.0. The van der Waals surface area contributed by atoms with E-state index in [1.165, 1.54) is 12.1 Å². The molecule has 1 aliphatic heterocycles. The average Bonchev–Trinajstić information content (AvgIpc) is 3.27. The summed E-state index contributed by atoms with van der Waals surface area (Å²) in [5, 5.41) is 15.0. The summed E-state index contributed by atoms with van der Waals surface area (Å²) in [7, 11) is 0. The van der Waals surface area contributed by atoms with Gasteiger partial charge in [0.25, 0.3) is 0 Å². The first-order chi connectivity index (χ1) is 16.1. The number of aryl methyl sites for hydroxylation is 1. The predicted octanol–water partition coefficient (Wildman–Crippen LogP) is 4.57. The number of halogens is 1. The Balaban J connectivity index is 1.38. The quantitative estimate of drug-likeness (QED) is 0.494. The number of hydrogen-bond acceptors (Lipinski definition) is 5. The number of para-hydroxylation sites is 1. The van der Waals surface area contributed by atoms with Crippen LogP contribution in [0.25, 0.3) is 0 Å². The summed E-state index contributed by atoms with van der Waals surface area (Å²) >= 11 is 0. The van der Waals surface area contributed by atoms with Crippen LogP contribution in [0.2, 0.25) is 0 Å². The molecule has 6 heteroatoms. The molecule has 0 aliphatic carbocycles. The minimum Gasteiger partial charge on any atom is -0.491 e. The maximum atomic E-state index is 13.7. The molecule has 5 nitrogen and oxygen atoms in total. The van der Waals surface area contributed by atoms with Crippen LogP contribution in [-0.4, -0.2) is 47.6 Å². The van der Waals surface area contributed by atoms with Crippen molar-refractivity contribution in [1.29, 1.82) is 0 Å². The van der Waals surface area contributed by atoms with Gasteiger partial charge in [-0.25, -0.2) is 4.39 Å². The maximum Gasteiger partial charge on any atom is 0.145 e. The van der Waals surface area contributed by atoms with Gasteiger partial charge in [-0.15, -0.1) is 0 Å². The number of aliphatic hydroxyl groups excluding tert-OH is 1. The van der Waals surface area contributed by atoms with E-state index >= 15 is 0 Å². The standard InChI is InChI=1S/C27H29FN2O3/c1-20-8-5-6-13-27(20)32-19-24(31)17-30(16-21-9-7-12-23(28)14-21)18-25-15-26(29-33-25)22-10-3-2-4-11-22/h2-14,24-25,31H,15-19H2,1H3/t24-,25-/m1/s1. The topological polar surface area (TPSA) is 54.3 Å². The molecule has 0 spiro atoms. The Bertz CT molecular complexity index is 1070. The van der Waals surface area contributed by atoms with Crippen molar-refractivity contribution >= 4 is 5.71 Å². The van der Waals surface area contributed by atoms with Crippen molar-refractivity contribution < 1.29 is 19.1 Å². The summed E-state index contributed by atoms with van der Waals surface area (Å²) in [6.45, 7) is 3.54. The molecule has 0 fully saturated rings. The third-order valence-electron chi connectivity index (χ3n) is 5.59. The highest BCUT2D eigenvalue weighted by Gasteiger charge is 2.26. The van der Waals surface area contributed by atoms with E-state index in [-0.39, 0.29) is 18.5 Å². The highest BCUT2D eigenvalue weighted by molar-refractivity contribution is 6.01. The molecule has 0 aromatic heterocycles. The van der Waals surface area contributed by atoms with Gasteiger partial charge >= 0.3 is 0 Å². The molecule has 0 bridgehead atoms. The van der Waals surface area contributed by atoms with E-state index in [1.807, 2.05) is 67.6 Å². The van der Waals surface area contributed by atoms with Gasteiger partial charge in [-0.1, -0.05) is 65.8 Å². The van der Waals surface area contributed by atoms with E-state index in [0.29, 0.717) is 26.1 Å². The second-order valence-electron chi connectivity index (χ2n) is 8.39. The summed E-state index contributed by atoms with van der Waals surface area (Å²) in [6, 6.07) is 24.2. The Kier molecular flexibility index (Phi) is 7.70. The van der Waals surface area contributed by atoms with E-state index in [1.54, 1.807) is 6.07 Å². The maximum absolute atomic E-state index is 13.7. The zero-order valence-electron chi connectivity index (χ0n) is 18.7. The van der Waals surface area contributed by atoms with Crippen LogP contribution in [0.15, 0.2) is 84.0 Å². The predicted molar refractivity (Wildman–Crippen MR) is 127 cm³/mol. The van der Waals surface area contributed by atoms with Crippen LogP contribution in [0, 0.1) is 12.7 Å². The van der Waals surface area contributed by atoms with Crippen LogP contribution >= 0.6 is 0 Å². The smallest absolute Gasteiger partial charge is 0.145 e. The van der Waals surface area contributed by atoms with Crippen LogP contribution in [0.4, 0.5) is 4.39 Å². The third-order valence-corrected chi connectivity index (χ3v) is 5.59. The lowest BCUT2D eigenvalue weighted by molar-refractivity contribution is 0.0212. The lowest BCUT2D eigenvalue weighted by Crippen LogP contribution is -2.39. The SMILES string of the molecule is Cc1ccccc1OC[C@H](O)CN(Cc1cccc(F)c1)C[C@H]1CC(c2ccccc2)=NO1. The molecule has 0 amide bonds. The number of nitrogens with zero attached hydrogens (tertiary/aromatic N) is 2. The summed E-state index contributed by atoms with van der Waals surface area (Å²) in [6.07, 6.45) is -0.174. The Labute approximate surface area is 194 Å². The number of hydrogen-bond donors (Lipinski definition) is 1. The van der Waals surface area contributed by atoms with Crippen molar-refractivity contribution in [3.8, 4) is 5.75 Å². The van der Waals surface area contributed by atoms with Crippen LogP contribution in [0.1, 0.15) is 23.1 Å². The Morgan fingerprint density at radius 2 is 1.88 bits per heavy atom. The molecule has 4 rings (SSSR count). The zero-order chi connectivity index (χ0) is 23.0. The number of benzene rings is 3. The minimum atomic E-state index is -0.714. The highest BCUT2D eigenvalue weighted by atomic mass is 19.1. The van der Waals surface area contributed by atoms with Crippen molar-refractivity contribution in [2.75, 3.05) is 19.7 Å². The number of oxime groups is 1. The Morgan fingerprint density at radius 1 is 1.09 bits per heavy atom. The fraction of sp³-hybridized carbons (Fsp3) is 0.296. The van der Waals surface area contributed by atoms with Gasteiger partial charge < -0.3 is 14.7 Å². The van der Waals surface area contributed by atoms with Gasteiger partial charge in [0.15, 0.2) is 0 Å². The Morgan fingerprint density at radius 3 is 2.67 bits per heavy atom. The van der Waals surface area contributed by atoms with Crippen molar-refractivity contribution in [2.45, 2.75) is 32.1 Å². The van der Waals surface area contributed by atoms with Crippen LogP contribution in [0.3, 0.4) is 0 Å². The molecule has 3 aromatic carbocycles. The molecule has 33 heavy (non-hydrogen) atoms. The molecule has 2 atom stereocenters. The first-order valence-corrected chi connectivity index (χ1v) is 11.2. The summed E-state index contributed by atoms with van der Waals surface area (Å²) in [5.74, 6) is 0.482. The average molecular weight is 449 g/mol. The van der Waals surface area contributed by atoms with Gasteiger partial charge in [0.05, 0.1) is 5.71 Å². The van der Waals surface area contributed by atoms with E-state index in [2.05, 4.69) is 10.1 Å².